The van der Waals surface area contributed by atoms with Gasteiger partial charge in [0.25, 0.3) is 0 Å². The molecule has 1 atom stereocenters. The molecule has 1 amide bonds. The Morgan fingerprint density at radius 3 is 2.39 bits per heavy atom. The van der Waals surface area contributed by atoms with Gasteiger partial charge in [0.15, 0.2) is 0 Å². The summed E-state index contributed by atoms with van der Waals surface area (Å²) in [5.74, 6) is -0.159. The average Bonchev–Trinajstić information content (AvgIpc) is 2.45. The molecule has 0 spiro atoms. The largest absolute Gasteiger partial charge is 0.496 e. The van der Waals surface area contributed by atoms with Gasteiger partial charge in [-0.25, -0.2) is 0 Å². The molecule has 0 saturated carbocycles. The van der Waals surface area contributed by atoms with Crippen molar-refractivity contribution in [1.29, 1.82) is 0 Å². The quantitative estimate of drug-likeness (QED) is 0.769. The van der Waals surface area contributed by atoms with Crippen LogP contribution in [0.1, 0.15) is 52.1 Å². The predicted octanol–water partition coefficient (Wildman–Crippen LogP) is 3.40. The number of amides is 1. The Hall–Kier alpha value is -2.04. The number of aliphatic carboxylic acids is 1. The third-order valence-electron chi connectivity index (χ3n) is 3.74. The zero-order valence-corrected chi connectivity index (χ0v) is 14.6. The lowest BCUT2D eigenvalue weighted by atomic mass is 9.88. The molecular weight excluding hydrogens is 294 g/mol. The standard InChI is InChI=1S/C18H27NO4/c1-12(2)10-14(13-8-6-7-9-15(13)23-5)19-16(20)11-18(3,4)17(21)22/h6-9,12,14H,10-11H2,1-5H3,(H,19,20)(H,21,22). The van der Waals surface area contributed by atoms with Gasteiger partial charge >= 0.3 is 5.97 Å². The molecule has 128 valence electrons. The highest BCUT2D eigenvalue weighted by Gasteiger charge is 2.31. The van der Waals surface area contributed by atoms with Gasteiger partial charge in [0.1, 0.15) is 5.75 Å². The van der Waals surface area contributed by atoms with Gasteiger partial charge in [-0.1, -0.05) is 32.0 Å². The van der Waals surface area contributed by atoms with Gasteiger partial charge in [0, 0.05) is 12.0 Å². The zero-order chi connectivity index (χ0) is 17.6. The van der Waals surface area contributed by atoms with Crippen LogP contribution in [0.15, 0.2) is 24.3 Å². The molecule has 0 aliphatic carbocycles. The maximum absolute atomic E-state index is 12.3. The van der Waals surface area contributed by atoms with Crippen molar-refractivity contribution in [2.75, 3.05) is 7.11 Å². The van der Waals surface area contributed by atoms with Crippen LogP contribution in [-0.4, -0.2) is 24.1 Å². The van der Waals surface area contributed by atoms with E-state index in [-0.39, 0.29) is 18.4 Å². The highest BCUT2D eigenvalue weighted by Crippen LogP contribution is 2.30. The maximum atomic E-state index is 12.3. The van der Waals surface area contributed by atoms with Crippen molar-refractivity contribution < 1.29 is 19.4 Å². The minimum atomic E-state index is -1.09. The van der Waals surface area contributed by atoms with Crippen molar-refractivity contribution in [3.05, 3.63) is 29.8 Å². The van der Waals surface area contributed by atoms with E-state index in [2.05, 4.69) is 19.2 Å². The first kappa shape index (κ1) is 19.0. The third-order valence-corrected chi connectivity index (χ3v) is 3.74. The summed E-state index contributed by atoms with van der Waals surface area (Å²) in [7, 11) is 1.60. The van der Waals surface area contributed by atoms with E-state index in [4.69, 9.17) is 9.84 Å². The van der Waals surface area contributed by atoms with Crippen molar-refractivity contribution in [1.82, 2.24) is 5.32 Å². The molecule has 1 aromatic rings. The number of hydrogen-bond donors (Lipinski definition) is 2. The van der Waals surface area contributed by atoms with Crippen molar-refractivity contribution in [2.24, 2.45) is 11.3 Å². The van der Waals surface area contributed by atoms with E-state index in [0.717, 1.165) is 17.7 Å². The number of carbonyl (C=O) groups excluding carboxylic acids is 1. The lowest BCUT2D eigenvalue weighted by molar-refractivity contribution is -0.149. The Labute approximate surface area is 138 Å². The molecule has 5 nitrogen and oxygen atoms in total. The second-order valence-electron chi connectivity index (χ2n) is 6.86. The highest BCUT2D eigenvalue weighted by atomic mass is 16.5. The number of methoxy groups -OCH3 is 1. The van der Waals surface area contributed by atoms with Crippen LogP contribution in [0.5, 0.6) is 5.75 Å². The zero-order valence-electron chi connectivity index (χ0n) is 14.6. The van der Waals surface area contributed by atoms with Crippen LogP contribution in [0, 0.1) is 11.3 Å². The number of rotatable bonds is 8. The predicted molar refractivity (Wildman–Crippen MR) is 89.4 cm³/mol. The van der Waals surface area contributed by atoms with Gasteiger partial charge in [0.2, 0.25) is 5.91 Å². The number of carboxylic acids is 1. The van der Waals surface area contributed by atoms with E-state index >= 15 is 0 Å². The third kappa shape index (κ3) is 5.58. The summed E-state index contributed by atoms with van der Waals surface area (Å²) >= 11 is 0. The van der Waals surface area contributed by atoms with Crippen molar-refractivity contribution in [3.8, 4) is 5.75 Å². The molecule has 0 bridgehead atoms. The van der Waals surface area contributed by atoms with E-state index in [1.165, 1.54) is 0 Å². The molecule has 2 N–H and O–H groups in total. The molecule has 1 aromatic carbocycles. The van der Waals surface area contributed by atoms with Crippen LogP contribution in [0.4, 0.5) is 0 Å². The van der Waals surface area contributed by atoms with E-state index in [1.54, 1.807) is 21.0 Å². The maximum Gasteiger partial charge on any atom is 0.309 e. The number of ether oxygens (including phenoxy) is 1. The summed E-state index contributed by atoms with van der Waals surface area (Å²) < 4.78 is 5.38. The fraction of sp³-hybridized carbons (Fsp3) is 0.556. The Morgan fingerprint density at radius 2 is 1.87 bits per heavy atom. The van der Waals surface area contributed by atoms with Crippen LogP contribution in [0.25, 0.3) is 0 Å². The van der Waals surface area contributed by atoms with E-state index in [0.29, 0.717) is 5.92 Å². The summed E-state index contributed by atoms with van der Waals surface area (Å²) in [6.45, 7) is 7.26. The number of carboxylic acid groups (broad SMARTS) is 1. The number of carbonyl (C=O) groups is 2. The van der Waals surface area contributed by atoms with Crippen LogP contribution >= 0.6 is 0 Å². The first-order chi connectivity index (χ1) is 10.7. The fourth-order valence-electron chi connectivity index (χ4n) is 2.41. The second-order valence-corrected chi connectivity index (χ2v) is 6.86. The molecule has 0 radical (unpaired) electrons. The van der Waals surface area contributed by atoms with Crippen LogP contribution < -0.4 is 10.1 Å². The van der Waals surface area contributed by atoms with Gasteiger partial charge in [-0.05, 0) is 32.3 Å². The fourth-order valence-corrected chi connectivity index (χ4v) is 2.41. The number of nitrogens with one attached hydrogen (secondary N) is 1. The van der Waals surface area contributed by atoms with Crippen LogP contribution in [-0.2, 0) is 9.59 Å². The topological polar surface area (TPSA) is 75.6 Å². The lowest BCUT2D eigenvalue weighted by Crippen LogP contribution is -2.36. The van der Waals surface area contributed by atoms with Crippen molar-refractivity contribution in [3.63, 3.8) is 0 Å². The minimum absolute atomic E-state index is 0.0634. The normalized spacial score (nSPS) is 12.8. The number of hydrogen-bond acceptors (Lipinski definition) is 3. The van der Waals surface area contributed by atoms with Gasteiger partial charge < -0.3 is 15.2 Å². The average molecular weight is 321 g/mol. The Morgan fingerprint density at radius 1 is 1.26 bits per heavy atom. The minimum Gasteiger partial charge on any atom is -0.496 e. The van der Waals surface area contributed by atoms with Gasteiger partial charge in [-0.2, -0.15) is 0 Å². The molecular formula is C18H27NO4. The molecule has 0 aliphatic heterocycles. The highest BCUT2D eigenvalue weighted by molar-refractivity contribution is 5.84. The summed E-state index contributed by atoms with van der Waals surface area (Å²) in [5.41, 5.74) is -0.182. The number of benzene rings is 1. The smallest absolute Gasteiger partial charge is 0.309 e. The van der Waals surface area contributed by atoms with Crippen molar-refractivity contribution >= 4 is 11.9 Å². The molecule has 0 heterocycles. The van der Waals surface area contributed by atoms with E-state index in [9.17, 15) is 9.59 Å². The summed E-state index contributed by atoms with van der Waals surface area (Å²) in [4.78, 5) is 23.5. The first-order valence-electron chi connectivity index (χ1n) is 7.83. The Balaban J connectivity index is 2.95. The summed E-state index contributed by atoms with van der Waals surface area (Å²) in [6.07, 6.45) is 0.686. The summed E-state index contributed by atoms with van der Waals surface area (Å²) in [5, 5.41) is 12.1. The van der Waals surface area contributed by atoms with Gasteiger partial charge in [0.05, 0.1) is 18.6 Å². The molecule has 23 heavy (non-hydrogen) atoms. The van der Waals surface area contributed by atoms with Crippen LogP contribution in [0.2, 0.25) is 0 Å². The second kappa shape index (κ2) is 7.99. The SMILES string of the molecule is COc1ccccc1C(CC(C)C)NC(=O)CC(C)(C)C(=O)O. The van der Waals surface area contributed by atoms with E-state index < -0.39 is 11.4 Å². The molecule has 1 unspecified atom stereocenters. The first-order valence-corrected chi connectivity index (χ1v) is 7.83. The molecule has 0 fully saturated rings. The Bertz CT molecular complexity index is 552. The van der Waals surface area contributed by atoms with Gasteiger partial charge in [-0.3, -0.25) is 9.59 Å². The van der Waals surface area contributed by atoms with Crippen molar-refractivity contribution in [2.45, 2.75) is 46.6 Å². The Kier molecular flexibility index (Phi) is 6.61. The van der Waals surface area contributed by atoms with Gasteiger partial charge in [-0.15, -0.1) is 0 Å². The van der Waals surface area contributed by atoms with Crippen LogP contribution in [0.3, 0.4) is 0 Å². The number of para-hydroxylation sites is 1. The molecule has 0 aromatic heterocycles. The molecule has 0 aliphatic rings. The molecule has 1 rings (SSSR count). The monoisotopic (exact) mass is 321 g/mol. The lowest BCUT2D eigenvalue weighted by Gasteiger charge is -2.25. The molecule has 0 saturated heterocycles. The molecule has 5 heteroatoms. The van der Waals surface area contributed by atoms with E-state index in [1.807, 2.05) is 24.3 Å². The summed E-state index contributed by atoms with van der Waals surface area (Å²) in [6, 6.07) is 7.36.